The van der Waals surface area contributed by atoms with Crippen LogP contribution >= 0.6 is 0 Å². The zero-order valence-electron chi connectivity index (χ0n) is 15.9. The molecule has 1 fully saturated rings. The highest BCUT2D eigenvalue weighted by Gasteiger charge is 2.37. The smallest absolute Gasteiger partial charge is 0.127 e. The topological polar surface area (TPSA) is 78.4 Å². The molecule has 3 aromatic rings. The lowest BCUT2D eigenvalue weighted by Crippen LogP contribution is -2.40. The van der Waals surface area contributed by atoms with Crippen molar-refractivity contribution >= 4 is 0 Å². The Balaban J connectivity index is 1.39. The second kappa shape index (κ2) is 7.43. The lowest BCUT2D eigenvalue weighted by atomic mass is 9.92. The molecule has 1 aromatic carbocycles. The molecule has 0 amide bonds. The second-order valence-corrected chi connectivity index (χ2v) is 7.47. The molecule has 7 heteroatoms. The fraction of sp³-hybridized carbons (Fsp3) is 0.381. The molecule has 5 rings (SSSR count). The van der Waals surface area contributed by atoms with Crippen LogP contribution in [0.2, 0.25) is 0 Å². The number of hydrogen-bond acceptors (Lipinski definition) is 6. The van der Waals surface area contributed by atoms with Crippen LogP contribution in [-0.4, -0.2) is 41.6 Å². The Bertz CT molecular complexity index is 905. The molecule has 0 aliphatic carbocycles. The van der Waals surface area contributed by atoms with E-state index in [1.807, 2.05) is 24.3 Å². The number of nitrogens with zero attached hydrogens (tertiary/aromatic N) is 2. The Morgan fingerprint density at radius 2 is 2.14 bits per heavy atom. The molecule has 0 bridgehead atoms. The first kappa shape index (κ1) is 17.5. The largest absolute Gasteiger partial charge is 0.497 e. The van der Waals surface area contributed by atoms with E-state index in [0.29, 0.717) is 5.92 Å². The van der Waals surface area contributed by atoms with Gasteiger partial charge in [0.15, 0.2) is 0 Å². The summed E-state index contributed by atoms with van der Waals surface area (Å²) < 4.78 is 11.1. The fourth-order valence-corrected chi connectivity index (χ4v) is 4.46. The van der Waals surface area contributed by atoms with Crippen LogP contribution in [0.25, 0.3) is 0 Å². The van der Waals surface area contributed by atoms with Crippen LogP contribution in [0.15, 0.2) is 53.4 Å². The van der Waals surface area contributed by atoms with Gasteiger partial charge < -0.3 is 14.1 Å². The van der Waals surface area contributed by atoms with Crippen molar-refractivity contribution in [2.75, 3.05) is 26.7 Å². The van der Waals surface area contributed by atoms with Crippen LogP contribution in [0.5, 0.6) is 5.75 Å². The summed E-state index contributed by atoms with van der Waals surface area (Å²) in [5.74, 6) is 2.27. The molecule has 2 aliphatic rings. The Labute approximate surface area is 164 Å². The number of hydrazine groups is 1. The quantitative estimate of drug-likeness (QED) is 0.632. The van der Waals surface area contributed by atoms with E-state index in [9.17, 15) is 0 Å². The molecule has 28 heavy (non-hydrogen) atoms. The first-order chi connectivity index (χ1) is 13.8. The number of methoxy groups -OCH3 is 1. The number of aromatic amines is 1. The molecule has 7 nitrogen and oxygen atoms in total. The summed E-state index contributed by atoms with van der Waals surface area (Å²) in [6, 6.07) is 12.6. The monoisotopic (exact) mass is 379 g/mol. The Hall–Kier alpha value is -2.61. The number of ether oxygens (including phenoxy) is 1. The van der Waals surface area contributed by atoms with E-state index in [1.165, 1.54) is 11.3 Å². The second-order valence-electron chi connectivity index (χ2n) is 7.47. The molecular weight excluding hydrogens is 354 g/mol. The Kier molecular flexibility index (Phi) is 4.64. The number of rotatable bonds is 5. The first-order valence-corrected chi connectivity index (χ1v) is 9.75. The number of H-pyrrole nitrogens is 1. The van der Waals surface area contributed by atoms with Gasteiger partial charge in [-0.1, -0.05) is 12.1 Å². The highest BCUT2D eigenvalue weighted by molar-refractivity contribution is 5.31. The third-order valence-electron chi connectivity index (χ3n) is 5.87. The van der Waals surface area contributed by atoms with Crippen molar-refractivity contribution in [3.63, 3.8) is 0 Å². The van der Waals surface area contributed by atoms with Gasteiger partial charge in [-0.2, -0.15) is 0 Å². The van der Waals surface area contributed by atoms with Crippen LogP contribution in [0.3, 0.4) is 0 Å². The molecule has 2 aromatic heterocycles. The average Bonchev–Trinajstić information content (AvgIpc) is 3.49. The summed E-state index contributed by atoms with van der Waals surface area (Å²) in [4.78, 5) is 10.4. The molecular formula is C21H25N5O2. The molecule has 1 saturated heterocycles. The van der Waals surface area contributed by atoms with E-state index in [2.05, 4.69) is 37.9 Å². The number of hydrogen-bond donors (Lipinski definition) is 3. The lowest BCUT2D eigenvalue weighted by Gasteiger charge is -2.36. The standard InChI is InChI=1S/C21H25N5O2/c1-27-16-6-4-14(5-7-16)19-15(11-24-25-19)12-26-9-8-17-20(23-13-22-17)21(26)18-3-2-10-28-18/h2-7,10,13,15,19,21,24-25H,8-9,11-12H2,1H3,(H,22,23). The van der Waals surface area contributed by atoms with Gasteiger partial charge in [0.1, 0.15) is 17.6 Å². The molecule has 3 unspecified atom stereocenters. The van der Waals surface area contributed by atoms with E-state index in [1.54, 1.807) is 19.7 Å². The first-order valence-electron chi connectivity index (χ1n) is 9.75. The molecule has 0 radical (unpaired) electrons. The molecule has 3 N–H and O–H groups in total. The van der Waals surface area contributed by atoms with Gasteiger partial charge in [0.05, 0.1) is 31.4 Å². The number of benzene rings is 1. The van der Waals surface area contributed by atoms with Gasteiger partial charge in [0.25, 0.3) is 0 Å². The van der Waals surface area contributed by atoms with E-state index < -0.39 is 0 Å². The zero-order valence-corrected chi connectivity index (χ0v) is 15.9. The van der Waals surface area contributed by atoms with Crippen LogP contribution < -0.4 is 15.6 Å². The van der Waals surface area contributed by atoms with Gasteiger partial charge in [-0.3, -0.25) is 10.3 Å². The van der Waals surface area contributed by atoms with E-state index in [0.717, 1.165) is 43.3 Å². The Morgan fingerprint density at radius 1 is 1.25 bits per heavy atom. The normalized spacial score (nSPS) is 25.0. The maximum absolute atomic E-state index is 5.79. The van der Waals surface area contributed by atoms with Gasteiger partial charge in [0.2, 0.25) is 0 Å². The van der Waals surface area contributed by atoms with Crippen molar-refractivity contribution in [3.05, 3.63) is 71.7 Å². The lowest BCUT2D eigenvalue weighted by molar-refractivity contribution is 0.157. The van der Waals surface area contributed by atoms with Crippen molar-refractivity contribution in [2.45, 2.75) is 18.5 Å². The minimum atomic E-state index is 0.0575. The third kappa shape index (κ3) is 3.11. The van der Waals surface area contributed by atoms with Gasteiger partial charge in [-0.15, -0.1) is 0 Å². The van der Waals surface area contributed by atoms with Crippen molar-refractivity contribution < 1.29 is 9.15 Å². The van der Waals surface area contributed by atoms with Crippen LogP contribution in [0.1, 0.15) is 34.8 Å². The highest BCUT2D eigenvalue weighted by Crippen LogP contribution is 2.36. The average molecular weight is 379 g/mol. The maximum atomic E-state index is 5.79. The number of aromatic nitrogens is 2. The summed E-state index contributed by atoms with van der Waals surface area (Å²) in [5.41, 5.74) is 10.4. The molecule has 0 spiro atoms. The number of furan rings is 1. The van der Waals surface area contributed by atoms with Crippen LogP contribution in [-0.2, 0) is 6.42 Å². The highest BCUT2D eigenvalue weighted by atomic mass is 16.5. The summed E-state index contributed by atoms with van der Waals surface area (Å²) in [6.45, 7) is 2.85. The zero-order chi connectivity index (χ0) is 18.9. The van der Waals surface area contributed by atoms with Gasteiger partial charge in [-0.25, -0.2) is 10.4 Å². The van der Waals surface area contributed by atoms with Gasteiger partial charge >= 0.3 is 0 Å². The van der Waals surface area contributed by atoms with Crippen molar-refractivity contribution in [1.29, 1.82) is 0 Å². The fourth-order valence-electron chi connectivity index (χ4n) is 4.46. The summed E-state index contributed by atoms with van der Waals surface area (Å²) in [7, 11) is 1.70. The summed E-state index contributed by atoms with van der Waals surface area (Å²) in [5, 5.41) is 0. The van der Waals surface area contributed by atoms with Crippen molar-refractivity contribution in [1.82, 2.24) is 25.7 Å². The van der Waals surface area contributed by atoms with Crippen LogP contribution in [0.4, 0.5) is 0 Å². The number of fused-ring (bicyclic) bond motifs is 1. The number of imidazole rings is 1. The van der Waals surface area contributed by atoms with E-state index >= 15 is 0 Å². The molecule has 146 valence electrons. The van der Waals surface area contributed by atoms with E-state index in [4.69, 9.17) is 9.15 Å². The maximum Gasteiger partial charge on any atom is 0.127 e. The Morgan fingerprint density at radius 3 is 2.93 bits per heavy atom. The van der Waals surface area contributed by atoms with Gasteiger partial charge in [0, 0.05) is 37.7 Å². The third-order valence-corrected chi connectivity index (χ3v) is 5.87. The minimum Gasteiger partial charge on any atom is -0.497 e. The number of nitrogens with one attached hydrogen (secondary N) is 3. The molecule has 3 atom stereocenters. The predicted molar refractivity (Wildman–Crippen MR) is 105 cm³/mol. The van der Waals surface area contributed by atoms with Crippen molar-refractivity contribution in [2.24, 2.45) is 5.92 Å². The molecule has 4 heterocycles. The minimum absolute atomic E-state index is 0.0575. The van der Waals surface area contributed by atoms with E-state index in [-0.39, 0.29) is 12.1 Å². The summed E-state index contributed by atoms with van der Waals surface area (Å²) >= 11 is 0. The SMILES string of the molecule is COc1ccc(C2NNCC2CN2CCc3[nH]cnc3C2c2ccco2)cc1. The van der Waals surface area contributed by atoms with Crippen LogP contribution in [0, 0.1) is 5.92 Å². The predicted octanol–water partition coefficient (Wildman–Crippen LogP) is 2.42. The van der Waals surface area contributed by atoms with Gasteiger partial charge in [-0.05, 0) is 29.8 Å². The molecule has 0 saturated carbocycles. The molecule has 2 aliphatic heterocycles. The van der Waals surface area contributed by atoms with Crippen molar-refractivity contribution in [3.8, 4) is 5.75 Å². The summed E-state index contributed by atoms with van der Waals surface area (Å²) in [6.07, 6.45) is 4.52.